The highest BCUT2D eigenvalue weighted by Gasteiger charge is 2.33. The molecular weight excluding hydrogens is 484 g/mol. The Morgan fingerprint density at radius 1 is 0.947 bits per heavy atom. The number of methoxy groups -OCH3 is 1. The summed E-state index contributed by atoms with van der Waals surface area (Å²) in [5.74, 6) is -0.382. The molecule has 9 heteroatoms. The molecule has 4 aromatic rings. The first-order chi connectivity index (χ1) is 18.2. The Bertz CT molecular complexity index is 1550. The number of carbonyl (C=O) groups is 2. The maximum Gasteiger partial charge on any atom is 0.410 e. The molecule has 38 heavy (non-hydrogen) atoms. The van der Waals surface area contributed by atoms with Crippen molar-refractivity contribution in [2.75, 3.05) is 20.2 Å². The molecule has 0 radical (unpaired) electrons. The first-order valence-electron chi connectivity index (χ1n) is 12.5. The molecule has 1 amide bonds. The summed E-state index contributed by atoms with van der Waals surface area (Å²) in [6.07, 6.45) is 3.65. The molecule has 9 nitrogen and oxygen atoms in total. The summed E-state index contributed by atoms with van der Waals surface area (Å²) in [4.78, 5) is 44.0. The molecule has 2 aromatic heterocycles. The summed E-state index contributed by atoms with van der Waals surface area (Å²) in [5, 5.41) is 0. The maximum absolute atomic E-state index is 13.8. The van der Waals surface area contributed by atoms with Crippen LogP contribution in [0.4, 0.5) is 4.79 Å². The number of benzene rings is 2. The van der Waals surface area contributed by atoms with Gasteiger partial charge in [-0.2, -0.15) is 0 Å². The predicted molar refractivity (Wildman–Crippen MR) is 144 cm³/mol. The van der Waals surface area contributed by atoms with Crippen LogP contribution in [0, 0.1) is 0 Å². The van der Waals surface area contributed by atoms with E-state index in [9.17, 15) is 14.4 Å². The Morgan fingerprint density at radius 3 is 2.24 bits per heavy atom. The number of amides is 1. The van der Waals surface area contributed by atoms with Gasteiger partial charge in [0.05, 0.1) is 41.6 Å². The number of ether oxygens (including phenoxy) is 2. The van der Waals surface area contributed by atoms with Crippen LogP contribution < -0.4 is 5.69 Å². The van der Waals surface area contributed by atoms with Crippen LogP contribution in [0.25, 0.3) is 27.8 Å². The van der Waals surface area contributed by atoms with Gasteiger partial charge in [-0.25, -0.2) is 14.4 Å². The first-order valence-corrected chi connectivity index (χ1v) is 12.5. The van der Waals surface area contributed by atoms with E-state index in [1.54, 1.807) is 38.6 Å². The van der Waals surface area contributed by atoms with Crippen molar-refractivity contribution in [3.05, 3.63) is 83.0 Å². The summed E-state index contributed by atoms with van der Waals surface area (Å²) in [6, 6.07) is 16.5. The number of carbonyl (C=O) groups excluding carboxylic acids is 2. The molecule has 2 aromatic carbocycles. The number of likely N-dealkylation sites (tertiary alicyclic amines) is 1. The number of rotatable bonds is 4. The molecule has 3 heterocycles. The summed E-state index contributed by atoms with van der Waals surface area (Å²) >= 11 is 0. The molecule has 1 aliphatic rings. The zero-order chi connectivity index (χ0) is 27.0. The minimum atomic E-state index is -0.580. The maximum atomic E-state index is 13.8. The Labute approximate surface area is 220 Å². The standard InChI is InChI=1S/C29H30N4O5/c1-29(2,3)38-28(36)31-16-14-23(18-31)33-24-13-15-30-17-25(24)32(27(33)35)22-11-9-20(10-12-22)19-5-7-21(8-6-19)26(34)37-4/h5-13,15,17,23H,14,16,18H2,1-4H3/t23-/m0/s1. The summed E-state index contributed by atoms with van der Waals surface area (Å²) < 4.78 is 13.7. The average Bonchev–Trinajstić information content (AvgIpc) is 3.49. The number of hydrogen-bond donors (Lipinski definition) is 0. The number of esters is 1. The van der Waals surface area contributed by atoms with E-state index in [1.807, 2.05) is 63.2 Å². The van der Waals surface area contributed by atoms with Crippen molar-refractivity contribution in [1.29, 1.82) is 0 Å². The van der Waals surface area contributed by atoms with Crippen LogP contribution in [0.2, 0.25) is 0 Å². The third kappa shape index (κ3) is 4.79. The normalized spacial score (nSPS) is 15.6. The third-order valence-electron chi connectivity index (χ3n) is 6.62. The smallest absolute Gasteiger partial charge is 0.410 e. The van der Waals surface area contributed by atoms with Gasteiger partial charge in [-0.1, -0.05) is 24.3 Å². The van der Waals surface area contributed by atoms with Crippen LogP contribution in [0.3, 0.4) is 0 Å². The number of imidazole rings is 1. The van der Waals surface area contributed by atoms with Crippen molar-refractivity contribution in [1.82, 2.24) is 19.0 Å². The number of nitrogens with zero attached hydrogens (tertiary/aromatic N) is 4. The van der Waals surface area contributed by atoms with Crippen molar-refractivity contribution in [3.8, 4) is 16.8 Å². The second-order valence-corrected chi connectivity index (χ2v) is 10.3. The second-order valence-electron chi connectivity index (χ2n) is 10.3. The van der Waals surface area contributed by atoms with E-state index in [1.165, 1.54) is 7.11 Å². The molecule has 1 atom stereocenters. The van der Waals surface area contributed by atoms with E-state index in [-0.39, 0.29) is 23.8 Å². The average molecular weight is 515 g/mol. The van der Waals surface area contributed by atoms with Crippen LogP contribution in [-0.4, -0.2) is 56.9 Å². The largest absolute Gasteiger partial charge is 0.465 e. The SMILES string of the molecule is COC(=O)c1ccc(-c2ccc(-n3c(=O)n([C@H]4CCN(C(=O)OC(C)(C)C)C4)c4ccncc43)cc2)cc1. The molecule has 0 aliphatic carbocycles. The highest BCUT2D eigenvalue weighted by atomic mass is 16.6. The van der Waals surface area contributed by atoms with Crippen molar-refractivity contribution in [2.45, 2.75) is 38.8 Å². The van der Waals surface area contributed by atoms with E-state index in [0.717, 1.165) is 16.6 Å². The number of fused-ring (bicyclic) bond motifs is 1. The van der Waals surface area contributed by atoms with Gasteiger partial charge in [0.1, 0.15) is 5.60 Å². The monoisotopic (exact) mass is 514 g/mol. The van der Waals surface area contributed by atoms with Gasteiger partial charge in [0.15, 0.2) is 0 Å². The van der Waals surface area contributed by atoms with Gasteiger partial charge in [0.2, 0.25) is 0 Å². The van der Waals surface area contributed by atoms with Crippen molar-refractivity contribution in [2.24, 2.45) is 0 Å². The second kappa shape index (κ2) is 9.81. The predicted octanol–water partition coefficient (Wildman–Crippen LogP) is 4.82. The van der Waals surface area contributed by atoms with Gasteiger partial charge in [0, 0.05) is 19.3 Å². The fourth-order valence-electron chi connectivity index (χ4n) is 4.84. The van der Waals surface area contributed by atoms with Gasteiger partial charge in [0.25, 0.3) is 0 Å². The van der Waals surface area contributed by atoms with Gasteiger partial charge >= 0.3 is 17.8 Å². The van der Waals surface area contributed by atoms with Gasteiger partial charge < -0.3 is 14.4 Å². The molecule has 1 saturated heterocycles. The van der Waals surface area contributed by atoms with Crippen LogP contribution in [0.1, 0.15) is 43.6 Å². The molecule has 0 spiro atoms. The zero-order valence-corrected chi connectivity index (χ0v) is 21.9. The van der Waals surface area contributed by atoms with E-state index in [0.29, 0.717) is 36.3 Å². The van der Waals surface area contributed by atoms with E-state index in [4.69, 9.17) is 9.47 Å². The molecule has 196 valence electrons. The first kappa shape index (κ1) is 25.3. The van der Waals surface area contributed by atoms with Crippen molar-refractivity contribution >= 4 is 23.1 Å². The number of pyridine rings is 1. The molecule has 1 fully saturated rings. The number of hydrogen-bond acceptors (Lipinski definition) is 6. The summed E-state index contributed by atoms with van der Waals surface area (Å²) in [7, 11) is 1.35. The Kier molecular flexibility index (Phi) is 6.52. The van der Waals surface area contributed by atoms with Crippen LogP contribution >= 0.6 is 0 Å². The topological polar surface area (TPSA) is 95.7 Å². The Hall–Kier alpha value is -4.40. The van der Waals surface area contributed by atoms with Gasteiger partial charge in [-0.15, -0.1) is 0 Å². The molecule has 0 N–H and O–H groups in total. The van der Waals surface area contributed by atoms with E-state index in [2.05, 4.69) is 4.98 Å². The Morgan fingerprint density at radius 2 is 1.61 bits per heavy atom. The van der Waals surface area contributed by atoms with Gasteiger partial charge in [-0.05, 0) is 68.7 Å². The quantitative estimate of drug-likeness (QED) is 0.362. The fraction of sp³-hybridized carbons (Fsp3) is 0.310. The minimum Gasteiger partial charge on any atom is -0.465 e. The molecule has 0 unspecified atom stereocenters. The molecular formula is C29H30N4O5. The van der Waals surface area contributed by atoms with Crippen LogP contribution in [0.5, 0.6) is 0 Å². The van der Waals surface area contributed by atoms with Crippen molar-refractivity contribution < 1.29 is 19.1 Å². The summed E-state index contributed by atoms with van der Waals surface area (Å²) in [5.41, 5.74) is 3.79. The van der Waals surface area contributed by atoms with Gasteiger partial charge in [-0.3, -0.25) is 14.1 Å². The lowest BCUT2D eigenvalue weighted by atomic mass is 10.0. The number of aromatic nitrogens is 3. The van der Waals surface area contributed by atoms with Crippen molar-refractivity contribution in [3.63, 3.8) is 0 Å². The lowest BCUT2D eigenvalue weighted by molar-refractivity contribution is 0.0288. The third-order valence-corrected chi connectivity index (χ3v) is 6.62. The minimum absolute atomic E-state index is 0.172. The van der Waals surface area contributed by atoms with Crippen LogP contribution in [-0.2, 0) is 9.47 Å². The lowest BCUT2D eigenvalue weighted by Crippen LogP contribution is -2.36. The molecule has 0 saturated carbocycles. The Balaban J connectivity index is 1.45. The highest BCUT2D eigenvalue weighted by molar-refractivity contribution is 5.90. The lowest BCUT2D eigenvalue weighted by Gasteiger charge is -2.24. The zero-order valence-electron chi connectivity index (χ0n) is 21.9. The van der Waals surface area contributed by atoms with E-state index < -0.39 is 5.60 Å². The fourth-order valence-corrected chi connectivity index (χ4v) is 4.84. The molecule has 0 bridgehead atoms. The highest BCUT2D eigenvalue weighted by Crippen LogP contribution is 2.28. The van der Waals surface area contributed by atoms with Crippen LogP contribution in [0.15, 0.2) is 71.8 Å². The molecule has 5 rings (SSSR count). The molecule has 1 aliphatic heterocycles. The van der Waals surface area contributed by atoms with E-state index >= 15 is 0 Å². The summed E-state index contributed by atoms with van der Waals surface area (Å²) in [6.45, 7) is 6.44.